The zero-order valence-electron chi connectivity index (χ0n) is 17.8. The van der Waals surface area contributed by atoms with Gasteiger partial charge in [0.1, 0.15) is 11.6 Å². The molecule has 0 radical (unpaired) electrons. The van der Waals surface area contributed by atoms with Crippen LogP contribution in [0.15, 0.2) is 29.2 Å². The van der Waals surface area contributed by atoms with Crippen LogP contribution in [0.25, 0.3) is 0 Å². The van der Waals surface area contributed by atoms with Crippen LogP contribution in [0, 0.1) is 0 Å². The number of nitrogens with one attached hydrogen (secondary N) is 1. The third-order valence-electron chi connectivity index (χ3n) is 4.93. The molecule has 2 fully saturated rings. The van der Waals surface area contributed by atoms with Crippen molar-refractivity contribution in [2.24, 2.45) is 0 Å². The summed E-state index contributed by atoms with van der Waals surface area (Å²) in [6.45, 7) is 6.42. The standard InChI is InChI=1S/C20H29N3O5S2/c1-20(2,3)28-19(25)23-12-15(11-17(23)18(24)22-9-10-29-13-22)21-14-5-7-16(8-6-14)30(4,26)27/h5-8,15,17,21H,9-13H2,1-4H3/t15-,17-/m0/s1. The smallest absolute Gasteiger partial charge is 0.411 e. The van der Waals surface area contributed by atoms with Crippen molar-refractivity contribution in [1.82, 2.24) is 9.80 Å². The van der Waals surface area contributed by atoms with Gasteiger partial charge in [-0.2, -0.15) is 0 Å². The molecule has 2 heterocycles. The minimum absolute atomic E-state index is 0.0532. The average Bonchev–Trinajstić information content (AvgIpc) is 3.29. The summed E-state index contributed by atoms with van der Waals surface area (Å²) in [6.07, 6.45) is 1.13. The van der Waals surface area contributed by atoms with E-state index in [2.05, 4.69) is 5.32 Å². The van der Waals surface area contributed by atoms with E-state index in [1.807, 2.05) is 0 Å². The number of ether oxygens (including phenoxy) is 1. The molecule has 0 saturated carbocycles. The fourth-order valence-electron chi connectivity index (χ4n) is 3.53. The lowest BCUT2D eigenvalue weighted by Gasteiger charge is -2.29. The summed E-state index contributed by atoms with van der Waals surface area (Å²) in [4.78, 5) is 29.4. The quantitative estimate of drug-likeness (QED) is 0.745. The summed E-state index contributed by atoms with van der Waals surface area (Å²) in [5.74, 6) is 1.49. The molecule has 2 amide bonds. The SMILES string of the molecule is CC(C)(C)OC(=O)N1C[C@@H](Nc2ccc(S(C)(=O)=O)cc2)C[C@H]1C(=O)N1CCSC1. The van der Waals surface area contributed by atoms with Crippen LogP contribution in [0.4, 0.5) is 10.5 Å². The molecule has 0 aliphatic carbocycles. The number of nitrogens with zero attached hydrogens (tertiary/aromatic N) is 2. The van der Waals surface area contributed by atoms with Crippen molar-refractivity contribution in [3.8, 4) is 0 Å². The van der Waals surface area contributed by atoms with E-state index in [-0.39, 0.29) is 16.8 Å². The highest BCUT2D eigenvalue weighted by molar-refractivity contribution is 7.99. The Hall–Kier alpha value is -1.94. The van der Waals surface area contributed by atoms with E-state index < -0.39 is 27.6 Å². The van der Waals surface area contributed by atoms with Gasteiger partial charge in [0, 0.05) is 36.8 Å². The molecule has 2 saturated heterocycles. The molecule has 0 spiro atoms. The first-order valence-electron chi connectivity index (χ1n) is 9.87. The minimum atomic E-state index is -3.26. The van der Waals surface area contributed by atoms with Gasteiger partial charge in [-0.05, 0) is 51.5 Å². The number of hydrogen-bond donors (Lipinski definition) is 1. The van der Waals surface area contributed by atoms with E-state index in [1.54, 1.807) is 61.7 Å². The topological polar surface area (TPSA) is 96.0 Å². The number of hydrogen-bond acceptors (Lipinski definition) is 7. The normalized spacial score (nSPS) is 22.3. The second-order valence-electron chi connectivity index (χ2n) is 8.66. The molecule has 2 aliphatic rings. The van der Waals surface area contributed by atoms with Gasteiger partial charge < -0.3 is 15.0 Å². The molecule has 166 valence electrons. The number of sulfone groups is 1. The predicted molar refractivity (Wildman–Crippen MR) is 117 cm³/mol. The minimum Gasteiger partial charge on any atom is -0.444 e. The number of thioether (sulfide) groups is 1. The van der Waals surface area contributed by atoms with Crippen molar-refractivity contribution in [2.75, 3.05) is 36.3 Å². The lowest BCUT2D eigenvalue weighted by atomic mass is 10.1. The van der Waals surface area contributed by atoms with Gasteiger partial charge in [-0.3, -0.25) is 9.69 Å². The van der Waals surface area contributed by atoms with Crippen LogP contribution in [-0.4, -0.2) is 78.9 Å². The molecule has 1 aromatic rings. The van der Waals surface area contributed by atoms with Gasteiger partial charge in [-0.1, -0.05) is 0 Å². The lowest BCUT2D eigenvalue weighted by Crippen LogP contribution is -2.48. The van der Waals surface area contributed by atoms with Crippen molar-refractivity contribution < 1.29 is 22.7 Å². The summed E-state index contributed by atoms with van der Waals surface area (Å²) < 4.78 is 28.8. The first-order valence-corrected chi connectivity index (χ1v) is 12.9. The highest BCUT2D eigenvalue weighted by Gasteiger charge is 2.43. The van der Waals surface area contributed by atoms with E-state index in [0.717, 1.165) is 17.7 Å². The Balaban J connectivity index is 1.74. The van der Waals surface area contributed by atoms with Crippen LogP contribution in [0.5, 0.6) is 0 Å². The highest BCUT2D eigenvalue weighted by Crippen LogP contribution is 2.27. The van der Waals surface area contributed by atoms with Crippen LogP contribution in [0.1, 0.15) is 27.2 Å². The summed E-state index contributed by atoms with van der Waals surface area (Å²) in [5.41, 5.74) is 0.0858. The van der Waals surface area contributed by atoms with Gasteiger partial charge in [0.15, 0.2) is 9.84 Å². The molecule has 3 rings (SSSR count). The van der Waals surface area contributed by atoms with Gasteiger partial charge in [0.05, 0.1) is 10.8 Å². The number of carbonyl (C=O) groups is 2. The second kappa shape index (κ2) is 8.66. The van der Waals surface area contributed by atoms with E-state index in [1.165, 1.54) is 4.90 Å². The molecule has 0 aromatic heterocycles. The van der Waals surface area contributed by atoms with Gasteiger partial charge in [-0.25, -0.2) is 13.2 Å². The molecule has 8 nitrogen and oxygen atoms in total. The lowest BCUT2D eigenvalue weighted by molar-refractivity contribution is -0.134. The Morgan fingerprint density at radius 1 is 1.20 bits per heavy atom. The fourth-order valence-corrected chi connectivity index (χ4v) is 5.12. The Morgan fingerprint density at radius 3 is 2.40 bits per heavy atom. The number of carbonyl (C=O) groups excluding carboxylic acids is 2. The van der Waals surface area contributed by atoms with Crippen molar-refractivity contribution in [3.05, 3.63) is 24.3 Å². The number of anilines is 1. The molecule has 2 atom stereocenters. The average molecular weight is 456 g/mol. The summed E-state index contributed by atoms with van der Waals surface area (Å²) in [5, 5.41) is 3.32. The third kappa shape index (κ3) is 5.60. The number of rotatable bonds is 4. The maximum atomic E-state index is 13.0. The molecule has 0 unspecified atom stereocenters. The van der Waals surface area contributed by atoms with Gasteiger partial charge in [-0.15, -0.1) is 11.8 Å². The third-order valence-corrected chi connectivity index (χ3v) is 7.03. The molecule has 1 N–H and O–H groups in total. The molecule has 30 heavy (non-hydrogen) atoms. The summed E-state index contributed by atoms with van der Waals surface area (Å²) in [6, 6.07) is 5.75. The zero-order valence-corrected chi connectivity index (χ0v) is 19.4. The van der Waals surface area contributed by atoms with E-state index >= 15 is 0 Å². The van der Waals surface area contributed by atoms with Crippen molar-refractivity contribution in [2.45, 2.75) is 49.8 Å². The molecule has 0 bridgehead atoms. The Kier molecular flexibility index (Phi) is 6.57. The van der Waals surface area contributed by atoms with Gasteiger partial charge >= 0.3 is 6.09 Å². The summed E-state index contributed by atoms with van der Waals surface area (Å²) >= 11 is 1.70. The van der Waals surface area contributed by atoms with Crippen molar-refractivity contribution in [3.63, 3.8) is 0 Å². The Labute approximate surface area is 182 Å². The Morgan fingerprint density at radius 2 is 1.87 bits per heavy atom. The fraction of sp³-hybridized carbons (Fsp3) is 0.600. The summed E-state index contributed by atoms with van der Waals surface area (Å²) in [7, 11) is -3.26. The molecule has 1 aromatic carbocycles. The van der Waals surface area contributed by atoms with Gasteiger partial charge in [0.2, 0.25) is 5.91 Å². The second-order valence-corrected chi connectivity index (χ2v) is 11.8. The van der Waals surface area contributed by atoms with Crippen LogP contribution in [-0.2, 0) is 19.4 Å². The number of likely N-dealkylation sites (tertiary alicyclic amines) is 1. The molecule has 10 heteroatoms. The van der Waals surface area contributed by atoms with E-state index in [0.29, 0.717) is 25.4 Å². The molecular formula is C20H29N3O5S2. The van der Waals surface area contributed by atoms with Crippen LogP contribution in [0.3, 0.4) is 0 Å². The monoisotopic (exact) mass is 455 g/mol. The molecular weight excluding hydrogens is 426 g/mol. The zero-order chi connectivity index (χ0) is 22.1. The van der Waals surface area contributed by atoms with Crippen LogP contribution in [0.2, 0.25) is 0 Å². The van der Waals surface area contributed by atoms with Gasteiger partial charge in [0.25, 0.3) is 0 Å². The van der Waals surface area contributed by atoms with Crippen molar-refractivity contribution in [1.29, 1.82) is 0 Å². The maximum Gasteiger partial charge on any atom is 0.411 e. The maximum absolute atomic E-state index is 13.0. The first kappa shape index (κ1) is 22.7. The highest BCUT2D eigenvalue weighted by atomic mass is 32.2. The number of benzene rings is 1. The first-order chi connectivity index (χ1) is 13.9. The van der Waals surface area contributed by atoms with E-state index in [9.17, 15) is 18.0 Å². The predicted octanol–water partition coefficient (Wildman–Crippen LogP) is 2.41. The van der Waals surface area contributed by atoms with Crippen molar-refractivity contribution >= 4 is 39.3 Å². The van der Waals surface area contributed by atoms with Crippen LogP contribution < -0.4 is 5.32 Å². The number of amides is 2. The molecule has 2 aliphatic heterocycles. The Bertz CT molecular complexity index is 890. The largest absolute Gasteiger partial charge is 0.444 e. The van der Waals surface area contributed by atoms with E-state index in [4.69, 9.17) is 4.74 Å². The van der Waals surface area contributed by atoms with Crippen LogP contribution >= 0.6 is 11.8 Å².